The van der Waals surface area contributed by atoms with Gasteiger partial charge in [-0.05, 0) is 52.8 Å². The first-order valence-corrected chi connectivity index (χ1v) is 8.97. The lowest BCUT2D eigenvalue weighted by Crippen LogP contribution is -2.21. The normalized spacial score (nSPS) is 16.1. The number of rotatable bonds is 4. The van der Waals surface area contributed by atoms with Gasteiger partial charge in [-0.2, -0.15) is 0 Å². The fourth-order valence-electron chi connectivity index (χ4n) is 2.88. The Morgan fingerprint density at radius 1 is 1.24 bits per heavy atom. The zero-order valence-electron chi connectivity index (χ0n) is 13.9. The van der Waals surface area contributed by atoms with Crippen LogP contribution >= 0.6 is 11.3 Å². The molecule has 0 radical (unpaired) electrons. The highest BCUT2D eigenvalue weighted by Gasteiger charge is 2.30. The van der Waals surface area contributed by atoms with Crippen molar-refractivity contribution in [2.75, 3.05) is 0 Å². The van der Waals surface area contributed by atoms with E-state index in [9.17, 15) is 0 Å². The molecule has 1 saturated carbocycles. The van der Waals surface area contributed by atoms with Crippen LogP contribution in [0.15, 0.2) is 18.2 Å². The molecule has 2 heteroatoms. The predicted molar refractivity (Wildman–Crippen MR) is 94.5 cm³/mol. The highest BCUT2D eigenvalue weighted by atomic mass is 32.1. The summed E-state index contributed by atoms with van der Waals surface area (Å²) in [6.45, 7) is 12.4. The fourth-order valence-corrected chi connectivity index (χ4v) is 4.10. The van der Waals surface area contributed by atoms with Gasteiger partial charge < -0.3 is 5.32 Å². The van der Waals surface area contributed by atoms with Gasteiger partial charge in [-0.25, -0.2) is 0 Å². The Bertz CT molecular complexity index is 641. The Kier molecular flexibility index (Phi) is 3.87. The summed E-state index contributed by atoms with van der Waals surface area (Å²) in [5.41, 5.74) is 3.33. The van der Waals surface area contributed by atoms with Gasteiger partial charge in [0.15, 0.2) is 0 Å². The molecule has 0 saturated heterocycles. The summed E-state index contributed by atoms with van der Waals surface area (Å²) in [7, 11) is 0. The molecule has 114 valence electrons. The van der Waals surface area contributed by atoms with Crippen molar-refractivity contribution in [3.63, 3.8) is 0 Å². The van der Waals surface area contributed by atoms with E-state index < -0.39 is 0 Å². The van der Waals surface area contributed by atoms with E-state index in [0.29, 0.717) is 6.04 Å². The standard InChI is InChI=1S/C19H27NS/c1-12(2)20-11-17-18(13-6-7-13)15-10-14(19(3,4)5)8-9-16(15)21-17/h8-10,12-13,20H,6-7,11H2,1-5H3. The molecule has 1 N–H and O–H groups in total. The third-order valence-corrected chi connectivity index (χ3v) is 5.51. The van der Waals surface area contributed by atoms with Gasteiger partial charge in [0.1, 0.15) is 0 Å². The van der Waals surface area contributed by atoms with Crippen LogP contribution in [0.1, 0.15) is 69.4 Å². The van der Waals surface area contributed by atoms with Crippen molar-refractivity contribution in [2.45, 2.75) is 71.4 Å². The highest BCUT2D eigenvalue weighted by molar-refractivity contribution is 7.19. The molecule has 0 unspecified atom stereocenters. The summed E-state index contributed by atoms with van der Waals surface area (Å²) in [5.74, 6) is 0.818. The van der Waals surface area contributed by atoms with Crippen molar-refractivity contribution < 1.29 is 0 Å². The zero-order valence-corrected chi connectivity index (χ0v) is 14.7. The first-order valence-electron chi connectivity index (χ1n) is 8.15. The van der Waals surface area contributed by atoms with Gasteiger partial charge in [0.05, 0.1) is 0 Å². The maximum atomic E-state index is 3.60. The second-order valence-corrected chi connectivity index (χ2v) is 8.85. The summed E-state index contributed by atoms with van der Waals surface area (Å²) in [6, 6.07) is 7.66. The number of hydrogen-bond donors (Lipinski definition) is 1. The van der Waals surface area contributed by atoms with Crippen LogP contribution < -0.4 is 5.32 Å². The van der Waals surface area contributed by atoms with E-state index in [-0.39, 0.29) is 5.41 Å². The molecule has 0 amide bonds. The minimum absolute atomic E-state index is 0.229. The predicted octanol–water partition coefficient (Wildman–Crippen LogP) is 5.57. The molecule has 1 aliphatic carbocycles. The third kappa shape index (κ3) is 3.17. The second kappa shape index (κ2) is 5.40. The number of benzene rings is 1. The lowest BCUT2D eigenvalue weighted by Gasteiger charge is -2.19. The summed E-state index contributed by atoms with van der Waals surface area (Å²) in [4.78, 5) is 1.56. The molecule has 1 aliphatic rings. The molecule has 0 aliphatic heterocycles. The molecule has 1 fully saturated rings. The molecule has 21 heavy (non-hydrogen) atoms. The van der Waals surface area contributed by atoms with Crippen LogP contribution in [-0.4, -0.2) is 6.04 Å². The minimum atomic E-state index is 0.229. The third-order valence-electron chi connectivity index (χ3n) is 4.33. The average Bonchev–Trinajstić information content (AvgIpc) is 3.15. The van der Waals surface area contributed by atoms with Gasteiger partial charge in [-0.3, -0.25) is 0 Å². The monoisotopic (exact) mass is 301 g/mol. The van der Waals surface area contributed by atoms with E-state index in [2.05, 4.69) is 58.1 Å². The number of thiophene rings is 1. The summed E-state index contributed by atoms with van der Waals surface area (Å²) in [6.07, 6.45) is 2.75. The number of nitrogens with one attached hydrogen (secondary N) is 1. The molecule has 0 spiro atoms. The van der Waals surface area contributed by atoms with E-state index >= 15 is 0 Å². The molecule has 1 aromatic carbocycles. The lowest BCUT2D eigenvalue weighted by atomic mass is 9.86. The molecular weight excluding hydrogens is 274 g/mol. The molecule has 0 atom stereocenters. The Hall–Kier alpha value is -0.860. The van der Waals surface area contributed by atoms with Gasteiger partial charge in [0, 0.05) is 22.2 Å². The van der Waals surface area contributed by atoms with Crippen LogP contribution in [0.25, 0.3) is 10.1 Å². The molecule has 1 aromatic heterocycles. The first-order chi connectivity index (χ1) is 9.86. The van der Waals surface area contributed by atoms with Gasteiger partial charge in [-0.1, -0.05) is 40.7 Å². The Morgan fingerprint density at radius 3 is 2.52 bits per heavy atom. The van der Waals surface area contributed by atoms with Crippen LogP contribution in [0.5, 0.6) is 0 Å². The molecule has 2 aromatic rings. The second-order valence-electron chi connectivity index (χ2n) is 7.71. The first kappa shape index (κ1) is 15.1. The van der Waals surface area contributed by atoms with E-state index in [1.165, 1.54) is 28.5 Å². The lowest BCUT2D eigenvalue weighted by molar-refractivity contribution is 0.590. The van der Waals surface area contributed by atoms with Crippen molar-refractivity contribution in [1.82, 2.24) is 5.32 Å². The zero-order chi connectivity index (χ0) is 15.2. The van der Waals surface area contributed by atoms with E-state index in [1.54, 1.807) is 10.4 Å². The molecule has 0 bridgehead atoms. The Morgan fingerprint density at radius 2 is 1.95 bits per heavy atom. The van der Waals surface area contributed by atoms with Crippen molar-refractivity contribution in [3.05, 3.63) is 34.2 Å². The SMILES string of the molecule is CC(C)NCc1sc2ccc(C(C)(C)C)cc2c1C1CC1. The van der Waals surface area contributed by atoms with Gasteiger partial charge >= 0.3 is 0 Å². The van der Waals surface area contributed by atoms with E-state index in [4.69, 9.17) is 0 Å². The largest absolute Gasteiger partial charge is 0.310 e. The fraction of sp³-hybridized carbons (Fsp3) is 0.579. The average molecular weight is 301 g/mol. The molecule has 1 nitrogen and oxygen atoms in total. The molecular formula is C19H27NS. The van der Waals surface area contributed by atoms with Crippen LogP contribution in [0, 0.1) is 0 Å². The number of hydrogen-bond acceptors (Lipinski definition) is 2. The summed E-state index contributed by atoms with van der Waals surface area (Å²) >= 11 is 1.99. The van der Waals surface area contributed by atoms with Crippen molar-refractivity contribution in [1.29, 1.82) is 0 Å². The van der Waals surface area contributed by atoms with Crippen LogP contribution in [0.4, 0.5) is 0 Å². The maximum absolute atomic E-state index is 3.60. The maximum Gasteiger partial charge on any atom is 0.0349 e. The van der Waals surface area contributed by atoms with Crippen LogP contribution in [0.2, 0.25) is 0 Å². The quantitative estimate of drug-likeness (QED) is 0.778. The smallest absolute Gasteiger partial charge is 0.0349 e. The van der Waals surface area contributed by atoms with Gasteiger partial charge in [-0.15, -0.1) is 11.3 Å². The Labute approximate surface area is 132 Å². The van der Waals surface area contributed by atoms with Crippen molar-refractivity contribution >= 4 is 21.4 Å². The summed E-state index contributed by atoms with van der Waals surface area (Å²) in [5, 5.41) is 5.12. The van der Waals surface area contributed by atoms with Gasteiger partial charge in [0.2, 0.25) is 0 Å². The van der Waals surface area contributed by atoms with Gasteiger partial charge in [0.25, 0.3) is 0 Å². The van der Waals surface area contributed by atoms with E-state index in [1.807, 2.05) is 11.3 Å². The van der Waals surface area contributed by atoms with Crippen LogP contribution in [-0.2, 0) is 12.0 Å². The molecule has 1 heterocycles. The summed E-state index contributed by atoms with van der Waals surface area (Å²) < 4.78 is 1.46. The minimum Gasteiger partial charge on any atom is -0.310 e. The van der Waals surface area contributed by atoms with Crippen molar-refractivity contribution in [3.8, 4) is 0 Å². The highest BCUT2D eigenvalue weighted by Crippen LogP contribution is 2.48. The topological polar surface area (TPSA) is 12.0 Å². The van der Waals surface area contributed by atoms with Crippen LogP contribution in [0.3, 0.4) is 0 Å². The van der Waals surface area contributed by atoms with Crippen molar-refractivity contribution in [2.24, 2.45) is 0 Å². The molecule has 3 rings (SSSR count). The number of fused-ring (bicyclic) bond motifs is 1. The van der Waals surface area contributed by atoms with E-state index in [0.717, 1.165) is 12.5 Å². The Balaban J connectivity index is 2.06.